The van der Waals surface area contributed by atoms with Crippen LogP contribution in [0.15, 0.2) is 55.0 Å². The number of benzene rings is 1. The summed E-state index contributed by atoms with van der Waals surface area (Å²) in [6.07, 6.45) is 4.94. The van der Waals surface area contributed by atoms with E-state index in [0.717, 1.165) is 17.4 Å². The number of aromatic nitrogens is 3. The maximum atomic E-state index is 12.5. The maximum Gasteiger partial charge on any atom is 0.320 e. The Morgan fingerprint density at radius 3 is 2.68 bits per heavy atom. The highest BCUT2D eigenvalue weighted by Gasteiger charge is 2.26. The summed E-state index contributed by atoms with van der Waals surface area (Å²) in [6.45, 7) is 1.83. The van der Waals surface area contributed by atoms with Crippen LogP contribution in [0.5, 0.6) is 0 Å². The number of carbonyl (C=O) groups excluding carboxylic acids is 1. The van der Waals surface area contributed by atoms with Crippen molar-refractivity contribution in [1.29, 1.82) is 0 Å². The summed E-state index contributed by atoms with van der Waals surface area (Å²) in [4.78, 5) is 22.9. The molecule has 25 heavy (non-hydrogen) atoms. The molecule has 1 atom stereocenters. The van der Waals surface area contributed by atoms with Gasteiger partial charge >= 0.3 is 5.69 Å². The number of rotatable bonds is 5. The summed E-state index contributed by atoms with van der Waals surface area (Å²) in [5, 5.41) is 17.6. The average molecular weight is 339 g/mol. The molecular formula is C17H17N5O3. The molecule has 3 rings (SSSR count). The zero-order valence-electron chi connectivity index (χ0n) is 13.8. The Kier molecular flexibility index (Phi) is 4.34. The lowest BCUT2D eigenvalue weighted by atomic mass is 10.1. The fourth-order valence-electron chi connectivity index (χ4n) is 2.63. The summed E-state index contributed by atoms with van der Waals surface area (Å²) in [6, 6.07) is 11.3. The van der Waals surface area contributed by atoms with Gasteiger partial charge in [-0.25, -0.2) is 0 Å². The van der Waals surface area contributed by atoms with Crippen LogP contribution in [0.25, 0.3) is 5.69 Å². The van der Waals surface area contributed by atoms with E-state index >= 15 is 0 Å². The highest BCUT2D eigenvalue weighted by molar-refractivity contribution is 5.96. The molecule has 0 saturated carbocycles. The third kappa shape index (κ3) is 3.27. The van der Waals surface area contributed by atoms with Crippen molar-refractivity contribution < 1.29 is 9.72 Å². The van der Waals surface area contributed by atoms with Crippen molar-refractivity contribution in [3.05, 3.63) is 76.4 Å². The third-order valence-electron chi connectivity index (χ3n) is 3.95. The van der Waals surface area contributed by atoms with E-state index < -0.39 is 10.8 Å². The Balaban J connectivity index is 1.82. The van der Waals surface area contributed by atoms with E-state index in [-0.39, 0.29) is 17.4 Å². The van der Waals surface area contributed by atoms with Gasteiger partial charge in [0, 0.05) is 25.1 Å². The van der Waals surface area contributed by atoms with Crippen LogP contribution in [-0.2, 0) is 7.05 Å². The minimum absolute atomic E-state index is 0.0709. The van der Waals surface area contributed by atoms with E-state index in [4.69, 9.17) is 0 Å². The standard InChI is InChI=1S/C17H17N5O3/c1-12(13-6-5-7-14(10-13)21-8-3-4-9-21)19-17(23)16-15(22(24)25)11-18-20(16)2/h3-12H,1-2H3,(H,19,23). The molecule has 2 heterocycles. The summed E-state index contributed by atoms with van der Waals surface area (Å²) in [7, 11) is 1.50. The second-order valence-corrected chi connectivity index (χ2v) is 5.64. The molecule has 3 aromatic rings. The van der Waals surface area contributed by atoms with Crippen LogP contribution in [0.1, 0.15) is 29.0 Å². The van der Waals surface area contributed by atoms with E-state index in [2.05, 4.69) is 10.4 Å². The highest BCUT2D eigenvalue weighted by Crippen LogP contribution is 2.20. The maximum absolute atomic E-state index is 12.5. The van der Waals surface area contributed by atoms with Crippen LogP contribution in [0.2, 0.25) is 0 Å². The van der Waals surface area contributed by atoms with Crippen molar-refractivity contribution in [2.75, 3.05) is 0 Å². The van der Waals surface area contributed by atoms with Gasteiger partial charge in [-0.05, 0) is 36.8 Å². The summed E-state index contributed by atoms with van der Waals surface area (Å²) in [5.41, 5.74) is 1.48. The second-order valence-electron chi connectivity index (χ2n) is 5.64. The predicted molar refractivity (Wildman–Crippen MR) is 91.5 cm³/mol. The van der Waals surface area contributed by atoms with E-state index in [1.807, 2.05) is 60.3 Å². The number of hydrogen-bond donors (Lipinski definition) is 1. The van der Waals surface area contributed by atoms with Gasteiger partial charge in [0.05, 0.1) is 11.0 Å². The molecule has 2 aromatic heterocycles. The molecule has 128 valence electrons. The van der Waals surface area contributed by atoms with Gasteiger partial charge < -0.3 is 9.88 Å². The molecular weight excluding hydrogens is 322 g/mol. The smallest absolute Gasteiger partial charge is 0.320 e. The predicted octanol–water partition coefficient (Wildman–Crippen LogP) is 2.61. The molecule has 1 N–H and O–H groups in total. The van der Waals surface area contributed by atoms with Crippen molar-refractivity contribution >= 4 is 11.6 Å². The molecule has 1 amide bonds. The molecule has 0 fully saturated rings. The monoisotopic (exact) mass is 339 g/mol. The number of aryl methyl sites for hydroxylation is 1. The van der Waals surface area contributed by atoms with Crippen LogP contribution in [-0.4, -0.2) is 25.2 Å². The first-order valence-corrected chi connectivity index (χ1v) is 7.68. The van der Waals surface area contributed by atoms with Crippen LogP contribution in [0, 0.1) is 10.1 Å². The minimum Gasteiger partial charge on any atom is -0.344 e. The number of hydrogen-bond acceptors (Lipinski definition) is 4. The molecule has 1 aromatic carbocycles. The van der Waals surface area contributed by atoms with Gasteiger partial charge in [0.15, 0.2) is 0 Å². The fourth-order valence-corrected chi connectivity index (χ4v) is 2.63. The van der Waals surface area contributed by atoms with Gasteiger partial charge in [-0.2, -0.15) is 5.10 Å². The Bertz CT molecular complexity index is 914. The first kappa shape index (κ1) is 16.4. The molecule has 8 nitrogen and oxygen atoms in total. The van der Waals surface area contributed by atoms with Gasteiger partial charge in [-0.15, -0.1) is 0 Å². The molecule has 8 heteroatoms. The van der Waals surface area contributed by atoms with Gasteiger partial charge in [0.2, 0.25) is 5.69 Å². The second kappa shape index (κ2) is 6.60. The minimum atomic E-state index is -0.612. The van der Waals surface area contributed by atoms with E-state index in [1.54, 1.807) is 0 Å². The van der Waals surface area contributed by atoms with Crippen molar-refractivity contribution in [3.63, 3.8) is 0 Å². The summed E-state index contributed by atoms with van der Waals surface area (Å²) < 4.78 is 3.17. The average Bonchev–Trinajstić information content (AvgIpc) is 3.24. The highest BCUT2D eigenvalue weighted by atomic mass is 16.6. The van der Waals surface area contributed by atoms with Crippen LogP contribution >= 0.6 is 0 Å². The normalized spacial score (nSPS) is 11.9. The Morgan fingerprint density at radius 1 is 1.28 bits per heavy atom. The largest absolute Gasteiger partial charge is 0.344 e. The Morgan fingerprint density at radius 2 is 2.00 bits per heavy atom. The molecule has 0 aliphatic rings. The first-order chi connectivity index (χ1) is 12.0. The van der Waals surface area contributed by atoms with Crippen molar-refractivity contribution in [2.24, 2.45) is 7.05 Å². The molecule has 0 aliphatic heterocycles. The number of amides is 1. The molecule has 0 radical (unpaired) electrons. The zero-order chi connectivity index (χ0) is 18.0. The molecule has 0 saturated heterocycles. The van der Waals surface area contributed by atoms with Gasteiger partial charge in [-0.3, -0.25) is 19.6 Å². The lowest BCUT2D eigenvalue weighted by molar-refractivity contribution is -0.385. The Labute approximate surface area is 143 Å². The zero-order valence-corrected chi connectivity index (χ0v) is 13.8. The quantitative estimate of drug-likeness (QED) is 0.571. The molecule has 0 spiro atoms. The van der Waals surface area contributed by atoms with E-state index in [0.29, 0.717) is 0 Å². The van der Waals surface area contributed by atoms with Gasteiger partial charge in [0.1, 0.15) is 6.20 Å². The van der Waals surface area contributed by atoms with E-state index in [1.165, 1.54) is 11.7 Å². The van der Waals surface area contributed by atoms with E-state index in [9.17, 15) is 14.9 Å². The topological polar surface area (TPSA) is 95.0 Å². The number of carbonyl (C=O) groups is 1. The summed E-state index contributed by atoms with van der Waals surface area (Å²) in [5.74, 6) is -0.537. The van der Waals surface area contributed by atoms with Crippen LogP contribution in [0.4, 0.5) is 5.69 Å². The van der Waals surface area contributed by atoms with Gasteiger partial charge in [-0.1, -0.05) is 12.1 Å². The molecule has 1 unspecified atom stereocenters. The van der Waals surface area contributed by atoms with Gasteiger partial charge in [0.25, 0.3) is 5.91 Å². The van der Waals surface area contributed by atoms with Crippen LogP contribution < -0.4 is 5.32 Å². The lowest BCUT2D eigenvalue weighted by Gasteiger charge is -2.15. The number of nitrogens with zero attached hydrogens (tertiary/aromatic N) is 4. The van der Waals surface area contributed by atoms with Crippen molar-refractivity contribution in [2.45, 2.75) is 13.0 Å². The molecule has 0 bridgehead atoms. The van der Waals surface area contributed by atoms with Crippen LogP contribution in [0.3, 0.4) is 0 Å². The number of nitrogens with one attached hydrogen (secondary N) is 1. The lowest BCUT2D eigenvalue weighted by Crippen LogP contribution is -2.29. The fraction of sp³-hybridized carbons (Fsp3) is 0.176. The Hall–Kier alpha value is -3.42. The number of nitro groups is 1. The van der Waals surface area contributed by atoms with Crippen molar-refractivity contribution in [3.8, 4) is 5.69 Å². The first-order valence-electron chi connectivity index (χ1n) is 7.68. The van der Waals surface area contributed by atoms with Crippen molar-refractivity contribution in [1.82, 2.24) is 19.7 Å². The molecule has 0 aliphatic carbocycles. The third-order valence-corrected chi connectivity index (χ3v) is 3.95. The summed E-state index contributed by atoms with van der Waals surface area (Å²) >= 11 is 0. The SMILES string of the molecule is CC(NC(=O)c1c([N+](=O)[O-])cnn1C)c1cccc(-n2cccc2)c1.